The van der Waals surface area contributed by atoms with Crippen molar-refractivity contribution in [2.24, 2.45) is 5.92 Å². The van der Waals surface area contributed by atoms with Crippen LogP contribution < -0.4 is 20.4 Å². The van der Waals surface area contributed by atoms with Crippen LogP contribution in [0, 0.1) is 5.92 Å². The lowest BCUT2D eigenvalue weighted by Crippen LogP contribution is -2.49. The number of hydrogen-bond acceptors (Lipinski definition) is 7. The Bertz CT molecular complexity index is 1920. The number of carbonyl (C=O) groups excluding carboxylic acids is 3. The van der Waals surface area contributed by atoms with Crippen LogP contribution in [0.4, 0.5) is 11.4 Å². The Morgan fingerprint density at radius 3 is 2.27 bits per heavy atom. The fourth-order valence-corrected chi connectivity index (χ4v) is 8.99. The Kier molecular flexibility index (Phi) is 12.5. The Morgan fingerprint density at radius 1 is 0.818 bits per heavy atom. The van der Waals surface area contributed by atoms with Gasteiger partial charge < -0.3 is 20.2 Å². The van der Waals surface area contributed by atoms with Crippen LogP contribution in [0.3, 0.4) is 0 Å². The predicted molar refractivity (Wildman–Crippen MR) is 219 cm³/mol. The van der Waals surface area contributed by atoms with Crippen LogP contribution in [0.5, 0.6) is 5.75 Å². The molecule has 4 aromatic carbocycles. The molecule has 0 spiro atoms. The van der Waals surface area contributed by atoms with Crippen molar-refractivity contribution in [3.63, 3.8) is 0 Å². The molecule has 1 aliphatic carbocycles. The number of nitrogens with one attached hydrogen (secondary N) is 2. The molecule has 2 saturated heterocycles. The molecule has 4 aliphatic rings. The molecule has 8 rings (SSSR count). The Balaban J connectivity index is 0.000000462. The highest BCUT2D eigenvalue weighted by Crippen LogP contribution is 2.47. The van der Waals surface area contributed by atoms with E-state index >= 15 is 0 Å². The van der Waals surface area contributed by atoms with Crippen molar-refractivity contribution in [3.8, 4) is 5.75 Å². The van der Waals surface area contributed by atoms with Crippen molar-refractivity contribution >= 4 is 29.6 Å². The number of piperidine rings is 1. The lowest BCUT2D eigenvalue weighted by atomic mass is 9.69. The normalized spacial score (nSPS) is 19.8. The molecule has 2 unspecified atom stereocenters. The number of benzene rings is 4. The molecule has 2 atom stereocenters. The van der Waals surface area contributed by atoms with Gasteiger partial charge in [-0.05, 0) is 114 Å². The number of phenols is 1. The van der Waals surface area contributed by atoms with Crippen LogP contribution in [0.1, 0.15) is 95.5 Å². The van der Waals surface area contributed by atoms with Crippen molar-refractivity contribution in [1.29, 1.82) is 0 Å². The number of imide groups is 1. The molecule has 288 valence electrons. The molecule has 0 bridgehead atoms. The van der Waals surface area contributed by atoms with Crippen molar-refractivity contribution in [1.82, 2.24) is 15.5 Å². The summed E-state index contributed by atoms with van der Waals surface area (Å²) in [7, 11) is 0. The van der Waals surface area contributed by atoms with E-state index in [1.54, 1.807) is 0 Å². The van der Waals surface area contributed by atoms with Gasteiger partial charge in [0, 0.05) is 81.6 Å². The number of fused-ring (bicyclic) bond motifs is 2. The van der Waals surface area contributed by atoms with E-state index in [4.69, 9.17) is 0 Å². The van der Waals surface area contributed by atoms with Crippen LogP contribution >= 0.6 is 0 Å². The molecule has 0 radical (unpaired) electrons. The monoisotopic (exact) mass is 741 g/mol. The van der Waals surface area contributed by atoms with E-state index in [2.05, 4.69) is 98.1 Å². The summed E-state index contributed by atoms with van der Waals surface area (Å²) in [6.45, 7) is 10.4. The van der Waals surface area contributed by atoms with Gasteiger partial charge in [-0.15, -0.1) is 0 Å². The van der Waals surface area contributed by atoms with Gasteiger partial charge in [0.05, 0.1) is 0 Å². The number of amides is 3. The summed E-state index contributed by atoms with van der Waals surface area (Å²) in [5.74, 6) is 1.70. The molecule has 3 aliphatic heterocycles. The second kappa shape index (κ2) is 18.0. The fourth-order valence-electron chi connectivity index (χ4n) is 8.99. The summed E-state index contributed by atoms with van der Waals surface area (Å²) in [5.41, 5.74) is 9.94. The first-order valence-corrected chi connectivity index (χ1v) is 20.2. The minimum Gasteiger partial charge on any atom is -0.508 e. The van der Waals surface area contributed by atoms with Crippen LogP contribution in [-0.2, 0) is 22.6 Å². The van der Waals surface area contributed by atoms with Crippen molar-refractivity contribution in [2.75, 3.05) is 55.6 Å². The van der Waals surface area contributed by atoms with Gasteiger partial charge in [-0.2, -0.15) is 0 Å². The Morgan fingerprint density at radius 2 is 1.55 bits per heavy atom. The van der Waals surface area contributed by atoms with Gasteiger partial charge in [-0.1, -0.05) is 61.9 Å². The van der Waals surface area contributed by atoms with Gasteiger partial charge in [-0.3, -0.25) is 24.6 Å². The van der Waals surface area contributed by atoms with E-state index in [1.807, 2.05) is 25.1 Å². The van der Waals surface area contributed by atoms with Gasteiger partial charge in [0.1, 0.15) is 5.75 Å². The number of aryl methyl sites for hydroxylation is 1. The number of nitrogens with zero attached hydrogens (tertiary/aromatic N) is 3. The quantitative estimate of drug-likeness (QED) is 0.151. The number of unbranched alkanes of at least 4 members (excludes halogenated alkanes) is 1. The molecular formula is C46H55N5O4. The molecule has 55 heavy (non-hydrogen) atoms. The summed E-state index contributed by atoms with van der Waals surface area (Å²) >= 11 is 0. The van der Waals surface area contributed by atoms with Gasteiger partial charge in [-0.25, -0.2) is 0 Å². The highest BCUT2D eigenvalue weighted by atomic mass is 16.3. The second-order valence-corrected chi connectivity index (χ2v) is 15.5. The fraction of sp³-hybridized carbons (Fsp3) is 0.413. The minimum absolute atomic E-state index is 0.0552. The molecule has 0 aromatic heterocycles. The number of phenolic OH excluding ortho intramolecular Hbond substituents is 1. The minimum atomic E-state index is -0.188. The number of carbonyl (C=O) groups is 3. The first-order valence-electron chi connectivity index (χ1n) is 20.2. The smallest absolute Gasteiger partial charge is 0.251 e. The molecule has 3 amide bonds. The van der Waals surface area contributed by atoms with E-state index in [9.17, 15) is 19.5 Å². The topological polar surface area (TPSA) is 105 Å². The maximum Gasteiger partial charge on any atom is 0.251 e. The predicted octanol–water partition coefficient (Wildman–Crippen LogP) is 6.99. The zero-order valence-corrected chi connectivity index (χ0v) is 32.1. The number of piperazine rings is 1. The summed E-state index contributed by atoms with van der Waals surface area (Å²) in [5, 5.41) is 15.2. The van der Waals surface area contributed by atoms with Gasteiger partial charge in [0.15, 0.2) is 0 Å². The Hall–Kier alpha value is -5.15. The molecule has 9 heteroatoms. The van der Waals surface area contributed by atoms with Crippen LogP contribution in [0.25, 0.3) is 0 Å². The zero-order valence-electron chi connectivity index (χ0n) is 32.1. The maximum absolute atomic E-state index is 11.9. The second-order valence-electron chi connectivity index (χ2n) is 15.5. The van der Waals surface area contributed by atoms with Crippen LogP contribution in [0.15, 0.2) is 91.0 Å². The first kappa shape index (κ1) is 38.1. The number of aromatic hydroxyl groups is 1. The summed E-state index contributed by atoms with van der Waals surface area (Å²) in [4.78, 5) is 39.7. The molecular weight excluding hydrogens is 687 g/mol. The van der Waals surface area contributed by atoms with Crippen molar-refractivity contribution in [3.05, 3.63) is 124 Å². The first-order chi connectivity index (χ1) is 26.9. The number of rotatable bonds is 10. The lowest BCUT2D eigenvalue weighted by molar-refractivity contribution is -0.125. The van der Waals surface area contributed by atoms with Gasteiger partial charge in [0.2, 0.25) is 12.3 Å². The molecule has 9 nitrogen and oxygen atoms in total. The molecule has 4 aromatic rings. The van der Waals surface area contributed by atoms with Crippen molar-refractivity contribution in [2.45, 2.75) is 70.3 Å². The van der Waals surface area contributed by atoms with E-state index in [0.29, 0.717) is 31.0 Å². The molecule has 0 saturated carbocycles. The third-order valence-corrected chi connectivity index (χ3v) is 12.1. The molecule has 2 fully saturated rings. The van der Waals surface area contributed by atoms with Gasteiger partial charge >= 0.3 is 0 Å². The van der Waals surface area contributed by atoms with Crippen molar-refractivity contribution < 1.29 is 19.5 Å². The average Bonchev–Trinajstić information content (AvgIpc) is 3.60. The number of anilines is 2. The summed E-state index contributed by atoms with van der Waals surface area (Å²) in [6, 6.07) is 32.7. The van der Waals surface area contributed by atoms with E-state index in [1.165, 1.54) is 53.0 Å². The van der Waals surface area contributed by atoms with E-state index in [-0.39, 0.29) is 17.7 Å². The van der Waals surface area contributed by atoms with Crippen LogP contribution in [0.2, 0.25) is 0 Å². The average molecular weight is 742 g/mol. The van der Waals surface area contributed by atoms with E-state index < -0.39 is 0 Å². The number of hydrogen-bond donors (Lipinski definition) is 3. The van der Waals surface area contributed by atoms with E-state index in [0.717, 1.165) is 82.0 Å². The summed E-state index contributed by atoms with van der Waals surface area (Å²) in [6.07, 6.45) is 7.26. The third kappa shape index (κ3) is 9.22. The highest BCUT2D eigenvalue weighted by Gasteiger charge is 2.32. The standard InChI is InChI=1S/C40H44N4O2.C6H11NO2/c45-35-12-15-37-31(25-35)8-13-36(29-4-2-1-3-5-29)39(37)30-6-9-33(10-7-30)43-18-16-28(17-19-43)27-42-20-22-44(23-21-42)34-11-14-38-32(24-34)26-41-40(38)46;1-2-3-4-6(9)7-5-8/h1-7,9-12,14-15,24-25,28,36,39,45H,8,13,16-23,26-27H2,(H,41,46);5H,2-4H2,1H3,(H,7,8,9). The SMILES string of the molecule is CCCCC(=O)NC=O.O=C1NCc2cc(N3CCN(CC4CCN(c5ccc(C6c7ccc(O)cc7CCC6c6ccccc6)cc5)CC4)CC3)ccc21. The maximum atomic E-state index is 11.9. The lowest BCUT2D eigenvalue weighted by Gasteiger charge is -2.40. The third-order valence-electron chi connectivity index (χ3n) is 12.1. The zero-order chi connectivity index (χ0) is 38.1. The molecule has 3 N–H and O–H groups in total. The summed E-state index contributed by atoms with van der Waals surface area (Å²) < 4.78 is 0. The largest absolute Gasteiger partial charge is 0.508 e. The highest BCUT2D eigenvalue weighted by molar-refractivity contribution is 5.98. The molecule has 3 heterocycles. The van der Waals surface area contributed by atoms with Crippen LogP contribution in [-0.4, -0.2) is 74.0 Å². The van der Waals surface area contributed by atoms with Gasteiger partial charge in [0.25, 0.3) is 5.91 Å². The Labute approximate surface area is 325 Å².